The number of carbonyl (C=O) groups is 9. The highest BCUT2D eigenvalue weighted by Crippen LogP contribution is 2.35. The van der Waals surface area contributed by atoms with Crippen molar-refractivity contribution in [1.82, 2.24) is 29.8 Å². The SMILES string of the molecule is CC[C@H](C)[C@@H]([C@@H](CC(=O)N1CCC[C@H]1[C@H](OC)[C@@H](C)C(=O)C[C@H](C)[C@@H](O)c1ccccc1)OC)N(C)C(=O)[C@@H](CC(=O)[C@H](C(C)C)N(C)C(=O)OCc1ccc(NC(=O)[C@H](CCCN2CCCCC2)CC(=O)[C@@H](N[C@@H](CCCCCN2C(=O)CC(C)C2=O)C(F)(F)F)C(C)C)cc1)C(C)C. The van der Waals surface area contributed by atoms with Crippen LogP contribution in [-0.4, -0.2) is 192 Å². The normalized spacial score (nSPS) is 19.9. The van der Waals surface area contributed by atoms with E-state index in [1.54, 1.807) is 69.0 Å². The second kappa shape index (κ2) is 40.6. The van der Waals surface area contributed by atoms with Crippen molar-refractivity contribution in [2.45, 2.75) is 247 Å². The summed E-state index contributed by atoms with van der Waals surface area (Å²) in [7, 11) is 6.24. The molecule has 23 heteroatoms. The lowest BCUT2D eigenvalue weighted by atomic mass is 9.83. The van der Waals surface area contributed by atoms with E-state index in [0.29, 0.717) is 69.3 Å². The Kier molecular flexibility index (Phi) is 34.3. The number of ketones is 3. The van der Waals surface area contributed by atoms with E-state index in [1.165, 1.54) is 24.0 Å². The van der Waals surface area contributed by atoms with Crippen LogP contribution in [0, 0.1) is 53.3 Å². The Balaban J connectivity index is 1.20. The number of hydrogen-bond donors (Lipinski definition) is 3. The molecule has 562 valence electrons. The van der Waals surface area contributed by atoms with Crippen molar-refractivity contribution < 1.29 is 75.6 Å². The molecule has 0 saturated carbocycles. The maximum absolute atomic E-state index is 14.9. The Labute approximate surface area is 593 Å². The number of likely N-dealkylation sites (tertiary alicyclic amines) is 3. The van der Waals surface area contributed by atoms with Crippen molar-refractivity contribution >= 4 is 58.7 Å². The Morgan fingerprint density at radius 1 is 0.700 bits per heavy atom. The summed E-state index contributed by atoms with van der Waals surface area (Å²) in [4.78, 5) is 133. The minimum absolute atomic E-state index is 0.0582. The Morgan fingerprint density at radius 2 is 1.36 bits per heavy atom. The first-order valence-electron chi connectivity index (χ1n) is 36.9. The Bertz CT molecular complexity index is 2950. The highest BCUT2D eigenvalue weighted by atomic mass is 19.4. The number of carbonyl (C=O) groups excluding carboxylic acids is 9. The van der Waals surface area contributed by atoms with Gasteiger partial charge in [0.05, 0.1) is 48.9 Å². The number of likely N-dealkylation sites (N-methyl/N-ethyl adjacent to an activating group) is 2. The quantitative estimate of drug-likeness (QED) is 0.0413. The molecule has 5 rings (SSSR count). The lowest BCUT2D eigenvalue weighted by Crippen LogP contribution is -2.54. The summed E-state index contributed by atoms with van der Waals surface area (Å²) in [5, 5.41) is 16.6. The van der Waals surface area contributed by atoms with Gasteiger partial charge >= 0.3 is 12.3 Å². The number of nitrogens with one attached hydrogen (secondary N) is 2. The summed E-state index contributed by atoms with van der Waals surface area (Å²) in [6, 6.07) is 10.6. The monoisotopic (exact) mass is 1410 g/mol. The summed E-state index contributed by atoms with van der Waals surface area (Å²) in [6.45, 7) is 23.0. The predicted molar refractivity (Wildman–Crippen MR) is 379 cm³/mol. The molecule has 2 aromatic rings. The van der Waals surface area contributed by atoms with E-state index in [0.717, 1.165) is 37.9 Å². The van der Waals surface area contributed by atoms with Crippen LogP contribution in [0.15, 0.2) is 54.6 Å². The van der Waals surface area contributed by atoms with Gasteiger partial charge in [-0.15, -0.1) is 0 Å². The molecule has 3 aliphatic heterocycles. The third kappa shape index (κ3) is 24.2. The fraction of sp³-hybridized carbons (Fsp3) is 0.727. The third-order valence-electron chi connectivity index (χ3n) is 21.3. The van der Waals surface area contributed by atoms with E-state index in [9.17, 15) is 61.4 Å². The number of aliphatic hydroxyl groups is 1. The highest BCUT2D eigenvalue weighted by Gasteiger charge is 2.46. The Hall–Kier alpha value is -6.14. The molecule has 20 nitrogen and oxygen atoms in total. The first kappa shape index (κ1) is 84.5. The van der Waals surface area contributed by atoms with Gasteiger partial charge in [0.15, 0.2) is 11.6 Å². The van der Waals surface area contributed by atoms with Gasteiger partial charge in [0, 0.05) is 96.4 Å². The van der Waals surface area contributed by atoms with Gasteiger partial charge in [-0.2, -0.15) is 13.2 Å². The smallest absolute Gasteiger partial charge is 0.410 e. The number of ether oxygens (including phenoxy) is 3. The molecule has 3 N–H and O–H groups in total. The average molecular weight is 1410 g/mol. The van der Waals surface area contributed by atoms with Gasteiger partial charge in [0.1, 0.15) is 18.4 Å². The molecule has 14 atom stereocenters. The molecule has 0 aliphatic carbocycles. The molecule has 3 fully saturated rings. The minimum atomic E-state index is -4.68. The summed E-state index contributed by atoms with van der Waals surface area (Å²) in [5.74, 6) is -6.80. The number of rotatable bonds is 42. The number of imide groups is 1. The molecular weight excluding hydrogens is 1290 g/mol. The zero-order valence-corrected chi connectivity index (χ0v) is 62.5. The summed E-state index contributed by atoms with van der Waals surface area (Å²) >= 11 is 0. The van der Waals surface area contributed by atoms with Crippen molar-refractivity contribution in [3.63, 3.8) is 0 Å². The molecule has 3 saturated heterocycles. The molecule has 3 aliphatic rings. The second-order valence-electron chi connectivity index (χ2n) is 29.9. The number of halogens is 3. The van der Waals surface area contributed by atoms with Gasteiger partial charge in [-0.1, -0.05) is 144 Å². The van der Waals surface area contributed by atoms with Crippen LogP contribution < -0.4 is 10.6 Å². The van der Waals surface area contributed by atoms with Crippen LogP contribution in [-0.2, 0) is 59.2 Å². The van der Waals surface area contributed by atoms with Crippen LogP contribution in [0.3, 0.4) is 0 Å². The summed E-state index contributed by atoms with van der Waals surface area (Å²) in [5.41, 5.74) is 1.67. The molecule has 1 unspecified atom stereocenters. The van der Waals surface area contributed by atoms with Gasteiger partial charge in [-0.25, -0.2) is 4.79 Å². The minimum Gasteiger partial charge on any atom is -0.445 e. The van der Waals surface area contributed by atoms with Gasteiger partial charge in [-0.05, 0) is 124 Å². The van der Waals surface area contributed by atoms with Crippen LogP contribution in [0.25, 0.3) is 0 Å². The fourth-order valence-electron chi connectivity index (χ4n) is 15.0. The van der Waals surface area contributed by atoms with Crippen molar-refractivity contribution in [3.8, 4) is 0 Å². The van der Waals surface area contributed by atoms with E-state index in [4.69, 9.17) is 14.2 Å². The van der Waals surface area contributed by atoms with Crippen LogP contribution in [0.5, 0.6) is 0 Å². The zero-order chi connectivity index (χ0) is 74.3. The Morgan fingerprint density at radius 3 is 1.93 bits per heavy atom. The number of piperidine rings is 1. The van der Waals surface area contributed by atoms with Crippen LogP contribution in [0.1, 0.15) is 203 Å². The number of nitrogens with zero attached hydrogens (tertiary/aromatic N) is 5. The van der Waals surface area contributed by atoms with Crippen molar-refractivity contribution in [2.24, 2.45) is 53.3 Å². The van der Waals surface area contributed by atoms with Gasteiger partial charge in [0.25, 0.3) is 0 Å². The van der Waals surface area contributed by atoms with Gasteiger partial charge in [-0.3, -0.25) is 48.6 Å². The lowest BCUT2D eigenvalue weighted by molar-refractivity contribution is -0.161. The van der Waals surface area contributed by atoms with Gasteiger partial charge in [0.2, 0.25) is 29.5 Å². The number of benzene rings is 2. The van der Waals surface area contributed by atoms with Gasteiger partial charge < -0.3 is 44.2 Å². The first-order chi connectivity index (χ1) is 47.3. The van der Waals surface area contributed by atoms with Crippen LogP contribution in [0.4, 0.5) is 23.7 Å². The van der Waals surface area contributed by atoms with E-state index < -0.39 is 102 Å². The van der Waals surface area contributed by atoms with E-state index in [2.05, 4.69) is 15.5 Å². The van der Waals surface area contributed by atoms with Crippen molar-refractivity contribution in [3.05, 3.63) is 65.7 Å². The molecule has 100 heavy (non-hydrogen) atoms. The number of amides is 6. The number of hydrogen-bond acceptors (Lipinski definition) is 15. The average Bonchev–Trinajstić information content (AvgIpc) is 1.13. The largest absolute Gasteiger partial charge is 0.445 e. The number of methoxy groups -OCH3 is 2. The standard InChI is InChI=1S/C77H120F3N7O13/c1-16-51(8)70(64(98-14)46-67(92)86-41-27-31-60(86)72(99-15)54(11)61(88)42-52(9)71(93)56-28-20-17-21-29-56)83(12)75(96)59(48(2)3)45-63(90)69(50(6)7)84(13)76(97)100-47-55-33-35-58(36-34-55)81-73(94)57(30-26-39-85-37-23-19-24-38-85)44-62(89)68(49(4)5)82-65(77(78,79)80)32-22-18-25-40-87-66(91)43-53(10)74(87)95/h17,20-21,28-29,33-36,48-54,57,59-60,64-65,68-72,82,93H,16,18-19,22-27,30-32,37-47H2,1-15H3,(H,81,94)/t51-,52-,53?,54-,57+,59-,60-,64+,65-,68-,69-,70-,71+,72+/m0/s1. The zero-order valence-electron chi connectivity index (χ0n) is 62.5. The molecule has 6 amide bonds. The number of alkyl halides is 3. The molecule has 3 heterocycles. The van der Waals surface area contributed by atoms with Crippen LogP contribution in [0.2, 0.25) is 0 Å². The maximum Gasteiger partial charge on any atom is 0.410 e. The van der Waals surface area contributed by atoms with E-state index >= 15 is 0 Å². The molecule has 2 aromatic carbocycles. The molecular formula is C77H120F3N7O13. The van der Waals surface area contributed by atoms with Crippen LogP contribution >= 0.6 is 0 Å². The fourth-order valence-corrected chi connectivity index (χ4v) is 15.0. The summed E-state index contributed by atoms with van der Waals surface area (Å²) < 4.78 is 61.8. The summed E-state index contributed by atoms with van der Waals surface area (Å²) in [6.07, 6.45) is -1.21. The first-order valence-corrected chi connectivity index (χ1v) is 36.9. The molecule has 0 spiro atoms. The van der Waals surface area contributed by atoms with Crippen molar-refractivity contribution in [1.29, 1.82) is 0 Å². The third-order valence-corrected chi connectivity index (χ3v) is 21.3. The number of anilines is 1. The maximum atomic E-state index is 14.9. The molecule has 0 radical (unpaired) electrons. The van der Waals surface area contributed by atoms with E-state index in [-0.39, 0.29) is 117 Å². The highest BCUT2D eigenvalue weighted by molar-refractivity contribution is 6.03. The molecule has 0 aromatic heterocycles. The van der Waals surface area contributed by atoms with Crippen molar-refractivity contribution in [2.75, 3.05) is 66.4 Å². The lowest BCUT2D eigenvalue weighted by Gasteiger charge is -2.41. The number of unbranched alkanes of at least 4 members (excludes halogenated alkanes) is 2. The number of Topliss-reactive ketones (excluding diaryl/α,β-unsaturated/α-hetero) is 3. The van der Waals surface area contributed by atoms with E-state index in [1.807, 2.05) is 85.7 Å². The second-order valence-corrected chi connectivity index (χ2v) is 29.9. The topological polar surface area (TPSA) is 242 Å². The molecule has 0 bridgehead atoms. The number of aliphatic hydroxyl groups excluding tert-OH is 1. The predicted octanol–water partition coefficient (Wildman–Crippen LogP) is 12.0.